The van der Waals surface area contributed by atoms with E-state index in [-0.39, 0.29) is 0 Å². The number of halogens is 1. The standard InChI is InChI=1S/C12H13ClN2O/c1-7-10(13)4-3-9-11(14)5-8(6-16-2)15-12(7)9/h3-5H,6H2,1-2H3,(H2,14,15). The number of aryl methyl sites for hydroxylation is 1. The number of aromatic nitrogens is 1. The number of ether oxygens (including phenoxy) is 1. The molecule has 3 nitrogen and oxygen atoms in total. The number of hydrogen-bond acceptors (Lipinski definition) is 3. The van der Waals surface area contributed by atoms with Crippen molar-refractivity contribution in [2.75, 3.05) is 12.8 Å². The topological polar surface area (TPSA) is 48.1 Å². The highest BCUT2D eigenvalue weighted by Gasteiger charge is 2.07. The van der Waals surface area contributed by atoms with Crippen LogP contribution in [0.4, 0.5) is 5.69 Å². The summed E-state index contributed by atoms with van der Waals surface area (Å²) in [4.78, 5) is 4.50. The number of nitrogens with zero attached hydrogens (tertiary/aromatic N) is 1. The number of nitrogens with two attached hydrogens (primary N) is 1. The van der Waals surface area contributed by atoms with Crippen LogP contribution >= 0.6 is 11.6 Å². The first-order valence-corrected chi connectivity index (χ1v) is 5.34. The van der Waals surface area contributed by atoms with E-state index in [2.05, 4.69) is 4.98 Å². The predicted octanol–water partition coefficient (Wildman–Crippen LogP) is 2.93. The first kappa shape index (κ1) is 11.2. The molecule has 0 spiro atoms. The zero-order valence-electron chi connectivity index (χ0n) is 9.25. The van der Waals surface area contributed by atoms with Gasteiger partial charge in [-0.2, -0.15) is 0 Å². The van der Waals surface area contributed by atoms with Crippen LogP contribution in [0.5, 0.6) is 0 Å². The van der Waals surface area contributed by atoms with Crippen molar-refractivity contribution in [2.45, 2.75) is 13.5 Å². The molecule has 0 saturated heterocycles. The molecule has 0 fully saturated rings. The molecular weight excluding hydrogens is 224 g/mol. The lowest BCUT2D eigenvalue weighted by atomic mass is 10.1. The van der Waals surface area contributed by atoms with Crippen molar-refractivity contribution >= 4 is 28.2 Å². The molecule has 0 aliphatic carbocycles. The number of benzene rings is 1. The van der Waals surface area contributed by atoms with E-state index in [9.17, 15) is 0 Å². The molecule has 0 aliphatic heterocycles. The molecule has 2 rings (SSSR count). The van der Waals surface area contributed by atoms with Gasteiger partial charge in [0.05, 0.1) is 17.8 Å². The van der Waals surface area contributed by atoms with Gasteiger partial charge in [-0.1, -0.05) is 11.6 Å². The third-order valence-electron chi connectivity index (χ3n) is 2.55. The second-order valence-electron chi connectivity index (χ2n) is 3.70. The minimum Gasteiger partial charge on any atom is -0.398 e. The summed E-state index contributed by atoms with van der Waals surface area (Å²) in [6.07, 6.45) is 0. The maximum absolute atomic E-state index is 6.06. The second kappa shape index (κ2) is 4.28. The van der Waals surface area contributed by atoms with Gasteiger partial charge in [0.2, 0.25) is 0 Å². The summed E-state index contributed by atoms with van der Waals surface area (Å²) >= 11 is 6.06. The summed E-state index contributed by atoms with van der Waals surface area (Å²) in [6, 6.07) is 5.57. The molecule has 16 heavy (non-hydrogen) atoms. The molecule has 2 aromatic rings. The van der Waals surface area contributed by atoms with E-state index in [0.29, 0.717) is 17.3 Å². The summed E-state index contributed by atoms with van der Waals surface area (Å²) in [7, 11) is 1.63. The van der Waals surface area contributed by atoms with Crippen LogP contribution in [0.3, 0.4) is 0 Å². The Kier molecular flexibility index (Phi) is 2.99. The fourth-order valence-electron chi connectivity index (χ4n) is 1.71. The van der Waals surface area contributed by atoms with Gasteiger partial charge in [-0.05, 0) is 30.7 Å². The molecule has 1 heterocycles. The molecule has 0 atom stereocenters. The lowest BCUT2D eigenvalue weighted by Crippen LogP contribution is -1.98. The quantitative estimate of drug-likeness (QED) is 0.872. The van der Waals surface area contributed by atoms with Gasteiger partial charge in [-0.15, -0.1) is 0 Å². The Labute approximate surface area is 99.2 Å². The molecule has 84 valence electrons. The zero-order chi connectivity index (χ0) is 11.7. The van der Waals surface area contributed by atoms with Crippen molar-refractivity contribution in [1.82, 2.24) is 4.98 Å². The minimum atomic E-state index is 0.450. The van der Waals surface area contributed by atoms with E-state index in [1.165, 1.54) is 0 Å². The van der Waals surface area contributed by atoms with Gasteiger partial charge >= 0.3 is 0 Å². The van der Waals surface area contributed by atoms with E-state index < -0.39 is 0 Å². The largest absolute Gasteiger partial charge is 0.398 e. The molecule has 1 aromatic heterocycles. The number of rotatable bonds is 2. The third-order valence-corrected chi connectivity index (χ3v) is 2.96. The van der Waals surface area contributed by atoms with Gasteiger partial charge in [0, 0.05) is 23.2 Å². The van der Waals surface area contributed by atoms with Crippen LogP contribution in [-0.2, 0) is 11.3 Å². The van der Waals surface area contributed by atoms with Gasteiger partial charge in [0.1, 0.15) is 0 Å². The van der Waals surface area contributed by atoms with Crippen molar-refractivity contribution in [3.63, 3.8) is 0 Å². The summed E-state index contributed by atoms with van der Waals surface area (Å²) in [5.74, 6) is 0. The Bertz CT molecular complexity index is 540. The van der Waals surface area contributed by atoms with E-state index in [0.717, 1.165) is 22.2 Å². The maximum Gasteiger partial charge on any atom is 0.0885 e. The average molecular weight is 237 g/mol. The number of hydrogen-bond donors (Lipinski definition) is 1. The van der Waals surface area contributed by atoms with Crippen molar-refractivity contribution in [1.29, 1.82) is 0 Å². The summed E-state index contributed by atoms with van der Waals surface area (Å²) < 4.78 is 5.05. The van der Waals surface area contributed by atoms with E-state index in [4.69, 9.17) is 22.1 Å². The lowest BCUT2D eigenvalue weighted by Gasteiger charge is -2.08. The van der Waals surface area contributed by atoms with Crippen molar-refractivity contribution in [3.05, 3.63) is 34.5 Å². The summed E-state index contributed by atoms with van der Waals surface area (Å²) in [5, 5.41) is 1.63. The minimum absolute atomic E-state index is 0.450. The second-order valence-corrected chi connectivity index (χ2v) is 4.11. The van der Waals surface area contributed by atoms with Crippen LogP contribution < -0.4 is 5.73 Å². The first-order chi connectivity index (χ1) is 7.63. The van der Waals surface area contributed by atoms with Gasteiger partial charge in [0.15, 0.2) is 0 Å². The number of pyridine rings is 1. The monoisotopic (exact) mass is 236 g/mol. The fraction of sp³-hybridized carbons (Fsp3) is 0.250. The Hall–Kier alpha value is -1.32. The van der Waals surface area contributed by atoms with Crippen LogP contribution in [0.1, 0.15) is 11.3 Å². The predicted molar refractivity (Wildman–Crippen MR) is 66.6 cm³/mol. The Morgan fingerprint density at radius 3 is 2.88 bits per heavy atom. The van der Waals surface area contributed by atoms with Crippen LogP contribution in [0.2, 0.25) is 5.02 Å². The zero-order valence-corrected chi connectivity index (χ0v) is 10.0. The molecule has 0 saturated carbocycles. The Morgan fingerprint density at radius 2 is 2.19 bits per heavy atom. The molecule has 4 heteroatoms. The van der Waals surface area contributed by atoms with Crippen molar-refractivity contribution in [3.8, 4) is 0 Å². The number of fused-ring (bicyclic) bond motifs is 1. The van der Waals surface area contributed by atoms with Crippen LogP contribution in [-0.4, -0.2) is 12.1 Å². The number of methoxy groups -OCH3 is 1. The number of anilines is 1. The average Bonchev–Trinajstić information content (AvgIpc) is 2.25. The Balaban J connectivity index is 2.73. The van der Waals surface area contributed by atoms with Crippen LogP contribution in [0.25, 0.3) is 10.9 Å². The van der Waals surface area contributed by atoms with Crippen molar-refractivity contribution in [2.24, 2.45) is 0 Å². The molecular formula is C12H13ClN2O. The highest BCUT2D eigenvalue weighted by Crippen LogP contribution is 2.28. The van der Waals surface area contributed by atoms with E-state index >= 15 is 0 Å². The van der Waals surface area contributed by atoms with Crippen molar-refractivity contribution < 1.29 is 4.74 Å². The molecule has 1 aromatic carbocycles. The first-order valence-electron chi connectivity index (χ1n) is 4.96. The van der Waals surface area contributed by atoms with Gasteiger partial charge in [-0.3, -0.25) is 0 Å². The summed E-state index contributed by atoms with van der Waals surface area (Å²) in [5.41, 5.74) is 9.29. The van der Waals surface area contributed by atoms with Gasteiger partial charge in [0.25, 0.3) is 0 Å². The number of nitrogen functional groups attached to an aromatic ring is 1. The molecule has 0 amide bonds. The third kappa shape index (κ3) is 1.84. The molecule has 0 radical (unpaired) electrons. The summed E-state index contributed by atoms with van der Waals surface area (Å²) in [6.45, 7) is 2.39. The Morgan fingerprint density at radius 1 is 1.44 bits per heavy atom. The highest BCUT2D eigenvalue weighted by atomic mass is 35.5. The van der Waals surface area contributed by atoms with Gasteiger partial charge in [-0.25, -0.2) is 4.98 Å². The molecule has 0 bridgehead atoms. The smallest absolute Gasteiger partial charge is 0.0885 e. The molecule has 0 aliphatic rings. The van der Waals surface area contributed by atoms with E-state index in [1.54, 1.807) is 7.11 Å². The molecule has 0 unspecified atom stereocenters. The van der Waals surface area contributed by atoms with Gasteiger partial charge < -0.3 is 10.5 Å². The lowest BCUT2D eigenvalue weighted by molar-refractivity contribution is 0.182. The van der Waals surface area contributed by atoms with E-state index in [1.807, 2.05) is 25.1 Å². The fourth-order valence-corrected chi connectivity index (χ4v) is 1.86. The SMILES string of the molecule is COCc1cc(N)c2ccc(Cl)c(C)c2n1. The highest BCUT2D eigenvalue weighted by molar-refractivity contribution is 6.32. The van der Waals surface area contributed by atoms with Crippen LogP contribution in [0.15, 0.2) is 18.2 Å². The normalized spacial score (nSPS) is 10.9. The maximum atomic E-state index is 6.06. The van der Waals surface area contributed by atoms with Crippen LogP contribution in [0, 0.1) is 6.92 Å². The molecule has 2 N–H and O–H groups in total.